The molecule has 2 amide bonds. The van der Waals surface area contributed by atoms with E-state index >= 15 is 0 Å². The smallest absolute Gasteiger partial charge is 0.353 e. The summed E-state index contributed by atoms with van der Waals surface area (Å²) < 4.78 is 0. The van der Waals surface area contributed by atoms with E-state index < -0.39 is 18.0 Å². The summed E-state index contributed by atoms with van der Waals surface area (Å²) in [6, 6.07) is -0.568. The first-order chi connectivity index (χ1) is 12.1. The number of fused-ring (bicyclic) bond motifs is 1. The number of thioether (sulfide) groups is 1. The molecule has 0 aromatic carbocycles. The van der Waals surface area contributed by atoms with Gasteiger partial charge in [-0.2, -0.15) is 0 Å². The van der Waals surface area contributed by atoms with E-state index in [1.807, 2.05) is 6.92 Å². The van der Waals surface area contributed by atoms with Crippen LogP contribution in [0.2, 0.25) is 0 Å². The summed E-state index contributed by atoms with van der Waals surface area (Å²) in [5.41, 5.74) is 0.0387. The maximum atomic E-state index is 12.3. The van der Waals surface area contributed by atoms with Crippen LogP contribution in [0.25, 0.3) is 0 Å². The molecule has 0 aromatic heterocycles. The largest absolute Gasteiger partial charge is 0.477 e. The van der Waals surface area contributed by atoms with Crippen molar-refractivity contribution in [3.8, 4) is 0 Å². The highest BCUT2D eigenvalue weighted by atomic mass is 32.2. The summed E-state index contributed by atoms with van der Waals surface area (Å²) in [5, 5.41) is 22.8. The fourth-order valence-corrected chi connectivity index (χ4v) is 5.63. The molecule has 3 rings (SSSR count). The molecule has 0 bridgehead atoms. The zero-order valence-corrected chi connectivity index (χ0v) is 17.6. The van der Waals surface area contributed by atoms with Crippen molar-refractivity contribution in [3.05, 3.63) is 10.6 Å². The molecule has 9 N–H and O–H groups in total. The minimum absolute atomic E-state index is 0. The number of carbonyl (C=O) groups is 3. The first-order valence-corrected chi connectivity index (χ1v) is 9.62. The molecule has 0 spiro atoms. The molecule has 0 aromatic rings. The molecule has 3 heterocycles. The van der Waals surface area contributed by atoms with Crippen LogP contribution in [-0.2, 0) is 14.4 Å². The number of hydrogen-bond acceptors (Lipinski definition) is 6. The lowest BCUT2D eigenvalue weighted by Gasteiger charge is -2.46. The first-order valence-electron chi connectivity index (χ1n) is 8.75. The van der Waals surface area contributed by atoms with Crippen LogP contribution < -0.4 is 5.32 Å². The molecular weight excluding hydrogens is 406 g/mol. The molecule has 6 atom stereocenters. The molecule has 2 fully saturated rings. The summed E-state index contributed by atoms with van der Waals surface area (Å²) in [5.74, 6) is -2.14. The van der Waals surface area contributed by atoms with Gasteiger partial charge in [0, 0.05) is 36.7 Å². The van der Waals surface area contributed by atoms with Crippen LogP contribution in [0.5, 0.6) is 0 Å². The summed E-state index contributed by atoms with van der Waals surface area (Å²) >= 11 is 1.45. The van der Waals surface area contributed by atoms with Crippen LogP contribution in [0.15, 0.2) is 10.6 Å². The van der Waals surface area contributed by atoms with Crippen LogP contribution in [-0.4, -0.2) is 98.3 Å². The van der Waals surface area contributed by atoms with E-state index in [2.05, 4.69) is 5.32 Å². The Hall–Kier alpha value is -1.70. The topological polar surface area (TPSA) is 205 Å². The van der Waals surface area contributed by atoms with Gasteiger partial charge in [-0.05, 0) is 13.3 Å². The zero-order chi connectivity index (χ0) is 19.3. The van der Waals surface area contributed by atoms with E-state index in [1.165, 1.54) is 16.7 Å². The lowest BCUT2D eigenvalue weighted by Crippen LogP contribution is -2.63. The van der Waals surface area contributed by atoms with E-state index in [4.69, 9.17) is 0 Å². The van der Waals surface area contributed by atoms with Gasteiger partial charge in [0.25, 0.3) is 0 Å². The number of β-lactam (4-membered cyclic amide) rings is 1. The minimum atomic E-state index is -1.12. The molecule has 168 valence electrons. The van der Waals surface area contributed by atoms with Gasteiger partial charge in [-0.3, -0.25) is 9.59 Å². The van der Waals surface area contributed by atoms with Gasteiger partial charge in [0.1, 0.15) is 5.70 Å². The Kier molecular flexibility index (Phi) is 9.29. The van der Waals surface area contributed by atoms with Crippen LogP contribution in [0.1, 0.15) is 20.3 Å². The molecule has 29 heavy (non-hydrogen) atoms. The number of aliphatic hydroxyl groups is 1. The number of carboxylic acid groups (broad SMARTS) is 1. The van der Waals surface area contributed by atoms with E-state index in [0.29, 0.717) is 17.9 Å². The molecule has 12 heteroatoms. The Balaban J connectivity index is 0.00000261. The van der Waals surface area contributed by atoms with Crippen molar-refractivity contribution in [2.75, 3.05) is 20.6 Å². The highest BCUT2D eigenvalue weighted by Gasteiger charge is 2.60. The number of likely N-dealkylation sites (N-methyl/N-ethyl adjacent to an activating group) is 1. The number of aliphatic carboxylic acids is 1. The van der Waals surface area contributed by atoms with Crippen molar-refractivity contribution < 1.29 is 41.0 Å². The quantitative estimate of drug-likeness (QED) is 0.385. The van der Waals surface area contributed by atoms with Gasteiger partial charge >= 0.3 is 5.97 Å². The third-order valence-corrected chi connectivity index (χ3v) is 6.95. The van der Waals surface area contributed by atoms with Crippen LogP contribution >= 0.6 is 11.8 Å². The molecule has 3 aliphatic heterocycles. The van der Waals surface area contributed by atoms with Crippen molar-refractivity contribution in [2.24, 2.45) is 11.8 Å². The maximum absolute atomic E-state index is 12.3. The molecular formula is C17H31N3O8S. The van der Waals surface area contributed by atoms with Crippen LogP contribution in [0.3, 0.4) is 0 Å². The molecule has 0 saturated carbocycles. The fourth-order valence-electron chi connectivity index (χ4n) is 4.15. The Bertz CT molecular complexity index is 684. The lowest BCUT2D eigenvalue weighted by molar-refractivity contribution is -0.163. The number of hydrogen-bond donors (Lipinski definition) is 3. The number of carboxylic acids is 1. The second-order valence-electron chi connectivity index (χ2n) is 7.44. The van der Waals surface area contributed by atoms with E-state index in [1.54, 1.807) is 25.9 Å². The van der Waals surface area contributed by atoms with Gasteiger partial charge in [0.15, 0.2) is 0 Å². The highest BCUT2D eigenvalue weighted by Crippen LogP contribution is 2.51. The third kappa shape index (κ3) is 4.42. The van der Waals surface area contributed by atoms with Crippen molar-refractivity contribution >= 4 is 29.5 Å². The third-order valence-electron chi connectivity index (χ3n) is 5.43. The van der Waals surface area contributed by atoms with Gasteiger partial charge in [-0.25, -0.2) is 4.79 Å². The molecule has 2 saturated heterocycles. The van der Waals surface area contributed by atoms with E-state index in [0.717, 1.165) is 0 Å². The Labute approximate surface area is 173 Å². The van der Waals surface area contributed by atoms with Gasteiger partial charge in [0.2, 0.25) is 11.8 Å². The monoisotopic (exact) mass is 437 g/mol. The van der Waals surface area contributed by atoms with Crippen LogP contribution in [0.4, 0.5) is 0 Å². The predicted molar refractivity (Wildman–Crippen MR) is 107 cm³/mol. The van der Waals surface area contributed by atoms with Crippen molar-refractivity contribution in [1.82, 2.24) is 15.1 Å². The minimum Gasteiger partial charge on any atom is -0.477 e. The lowest BCUT2D eigenvalue weighted by atomic mass is 9.79. The molecule has 3 aliphatic rings. The Morgan fingerprint density at radius 3 is 2.34 bits per heavy atom. The zero-order valence-electron chi connectivity index (χ0n) is 16.8. The Morgan fingerprint density at radius 1 is 1.28 bits per heavy atom. The summed E-state index contributed by atoms with van der Waals surface area (Å²) in [6.07, 6.45) is -0.190. The summed E-state index contributed by atoms with van der Waals surface area (Å²) in [7, 11) is 3.42. The van der Waals surface area contributed by atoms with Gasteiger partial charge in [-0.15, -0.1) is 11.8 Å². The number of nitrogens with zero attached hydrogens (tertiary/aromatic N) is 2. The highest BCUT2D eigenvalue weighted by molar-refractivity contribution is 8.03. The normalized spacial score (nSPS) is 31.0. The average Bonchev–Trinajstić information content (AvgIpc) is 3.09. The number of nitrogens with one attached hydrogen (secondary N) is 1. The van der Waals surface area contributed by atoms with Crippen LogP contribution in [0, 0.1) is 11.8 Å². The molecule has 11 nitrogen and oxygen atoms in total. The number of amides is 2. The first kappa shape index (κ1) is 27.3. The van der Waals surface area contributed by atoms with Crippen molar-refractivity contribution in [2.45, 2.75) is 43.7 Å². The second kappa shape index (κ2) is 9.87. The number of rotatable bonds is 5. The van der Waals surface area contributed by atoms with Gasteiger partial charge in [0.05, 0.1) is 24.1 Å². The van der Waals surface area contributed by atoms with Crippen molar-refractivity contribution in [3.63, 3.8) is 0 Å². The fraction of sp³-hybridized carbons (Fsp3) is 0.706. The molecule has 0 radical (unpaired) electrons. The second-order valence-corrected chi connectivity index (χ2v) is 8.78. The average molecular weight is 438 g/mol. The van der Waals surface area contributed by atoms with E-state index in [-0.39, 0.29) is 57.2 Å². The van der Waals surface area contributed by atoms with Gasteiger partial charge < -0.3 is 41.8 Å². The molecule has 1 unspecified atom stereocenters. The predicted octanol–water partition coefficient (Wildman–Crippen LogP) is -2.78. The maximum Gasteiger partial charge on any atom is 0.353 e. The van der Waals surface area contributed by atoms with Gasteiger partial charge in [-0.1, -0.05) is 6.92 Å². The SMILES string of the molecule is CC(O)[C@H]1C(=O)N2C(C(=O)O)=C(S[C@@H]3CN[C@H](C(=O)N(C)C)C3)[C@H](C)[C@H]12.O.O.O. The van der Waals surface area contributed by atoms with E-state index in [9.17, 15) is 24.6 Å². The number of carbonyl (C=O) groups excluding carboxylic acids is 2. The summed E-state index contributed by atoms with van der Waals surface area (Å²) in [4.78, 5) is 39.8. The molecule has 0 aliphatic carbocycles. The standard InChI is InChI=1S/C17H25N3O5S.3H2O/c1-7-12-11(8(2)21)16(23)20(12)13(17(24)25)14(7)26-9-5-10(18-6-9)15(22)19(3)4;;;/h7-12,18,21H,5-6H2,1-4H3,(H,24,25);3*1H2/t7-,8?,9+,10+,11-,12-;;;/m1.../s1. The summed E-state index contributed by atoms with van der Waals surface area (Å²) in [6.45, 7) is 4.08. The Morgan fingerprint density at radius 2 is 1.86 bits per heavy atom. The van der Waals surface area contributed by atoms with Crippen molar-refractivity contribution in [1.29, 1.82) is 0 Å². The number of aliphatic hydroxyl groups excluding tert-OH is 1.